The van der Waals surface area contributed by atoms with E-state index in [0.717, 1.165) is 31.0 Å². The quantitative estimate of drug-likeness (QED) is 0.675. The van der Waals surface area contributed by atoms with E-state index in [2.05, 4.69) is 25.5 Å². The SMILES string of the molecule is NC(=O)C1SC(c2ccc(NCC3(c4ncccc4F)CCC3)nn2)N=C1O. The van der Waals surface area contributed by atoms with E-state index in [1.165, 1.54) is 6.07 Å². The maximum absolute atomic E-state index is 14.2. The molecule has 4 rings (SSSR count). The number of aliphatic hydroxyl groups excluding tert-OH is 1. The van der Waals surface area contributed by atoms with Crippen molar-refractivity contribution < 1.29 is 14.3 Å². The summed E-state index contributed by atoms with van der Waals surface area (Å²) in [6.07, 6.45) is 4.37. The number of primary amides is 1. The minimum absolute atomic E-state index is 0.287. The summed E-state index contributed by atoms with van der Waals surface area (Å²) in [5, 5.41) is 19.8. The van der Waals surface area contributed by atoms with Crippen molar-refractivity contribution in [2.75, 3.05) is 11.9 Å². The smallest absolute Gasteiger partial charge is 0.240 e. The molecule has 0 aromatic carbocycles. The van der Waals surface area contributed by atoms with Gasteiger partial charge in [0.2, 0.25) is 11.8 Å². The Morgan fingerprint density at radius 2 is 2.18 bits per heavy atom. The van der Waals surface area contributed by atoms with E-state index >= 15 is 0 Å². The fraction of sp³-hybridized carbons (Fsp3) is 0.389. The third-order valence-electron chi connectivity index (χ3n) is 5.12. The number of hydrogen-bond acceptors (Lipinski definition) is 7. The van der Waals surface area contributed by atoms with E-state index in [1.807, 2.05) is 0 Å². The van der Waals surface area contributed by atoms with E-state index in [-0.39, 0.29) is 17.1 Å². The molecule has 0 bridgehead atoms. The van der Waals surface area contributed by atoms with Crippen LogP contribution in [-0.4, -0.2) is 43.9 Å². The molecule has 2 unspecified atom stereocenters. The predicted molar refractivity (Wildman–Crippen MR) is 104 cm³/mol. The van der Waals surface area contributed by atoms with Gasteiger partial charge >= 0.3 is 0 Å². The van der Waals surface area contributed by atoms with Crippen molar-refractivity contribution in [3.05, 3.63) is 47.7 Å². The molecule has 146 valence electrons. The van der Waals surface area contributed by atoms with Gasteiger partial charge in [0.05, 0.1) is 11.4 Å². The van der Waals surface area contributed by atoms with Crippen molar-refractivity contribution in [1.29, 1.82) is 0 Å². The number of aliphatic hydroxyl groups is 1. The van der Waals surface area contributed by atoms with Gasteiger partial charge < -0.3 is 16.2 Å². The van der Waals surface area contributed by atoms with Crippen molar-refractivity contribution in [2.24, 2.45) is 10.7 Å². The fourth-order valence-electron chi connectivity index (χ4n) is 3.44. The van der Waals surface area contributed by atoms with Gasteiger partial charge in [0.15, 0.2) is 5.25 Å². The standard InChI is InChI=1S/C18H19FN6O2S/c19-10-3-1-8-21-14(10)18(6-2-7-18)9-22-12-5-4-11(24-25-12)17-23-16(27)13(28-17)15(20)26/h1,3-5,8,13,17H,2,6-7,9H2,(H2,20,26)(H,22,25)(H,23,27). The molecule has 2 aromatic rings. The molecule has 1 aliphatic carbocycles. The first-order valence-electron chi connectivity index (χ1n) is 8.88. The Morgan fingerprint density at radius 1 is 1.36 bits per heavy atom. The van der Waals surface area contributed by atoms with Gasteiger partial charge in [-0.1, -0.05) is 6.42 Å². The summed E-state index contributed by atoms with van der Waals surface area (Å²) in [5.41, 5.74) is 5.90. The van der Waals surface area contributed by atoms with Crippen LogP contribution in [0.25, 0.3) is 0 Å². The van der Waals surface area contributed by atoms with Gasteiger partial charge in [0.25, 0.3) is 0 Å². The van der Waals surface area contributed by atoms with E-state index < -0.39 is 16.5 Å². The number of nitrogens with zero attached hydrogens (tertiary/aromatic N) is 4. The summed E-state index contributed by atoms with van der Waals surface area (Å²) in [6, 6.07) is 6.49. The number of aromatic nitrogens is 3. The molecule has 4 N–H and O–H groups in total. The first kappa shape index (κ1) is 18.6. The summed E-state index contributed by atoms with van der Waals surface area (Å²) in [7, 11) is 0. The Labute approximate surface area is 164 Å². The second kappa shape index (κ2) is 7.34. The number of carbonyl (C=O) groups is 1. The van der Waals surface area contributed by atoms with E-state index in [1.54, 1.807) is 24.4 Å². The van der Waals surface area contributed by atoms with E-state index in [0.29, 0.717) is 23.8 Å². The molecule has 10 heteroatoms. The van der Waals surface area contributed by atoms with Gasteiger partial charge in [0.1, 0.15) is 17.0 Å². The molecular formula is C18H19FN6O2S. The Bertz CT molecular complexity index is 919. The first-order chi connectivity index (χ1) is 13.5. The lowest BCUT2D eigenvalue weighted by Gasteiger charge is -2.41. The van der Waals surface area contributed by atoms with Crippen LogP contribution in [0.2, 0.25) is 0 Å². The van der Waals surface area contributed by atoms with Crippen LogP contribution >= 0.6 is 11.8 Å². The summed E-state index contributed by atoms with van der Waals surface area (Å²) >= 11 is 1.11. The molecule has 28 heavy (non-hydrogen) atoms. The van der Waals surface area contributed by atoms with Gasteiger partial charge in [-0.25, -0.2) is 9.38 Å². The number of rotatable bonds is 6. The molecule has 2 atom stereocenters. The highest BCUT2D eigenvalue weighted by Gasteiger charge is 2.42. The fourth-order valence-corrected chi connectivity index (χ4v) is 4.45. The number of nitrogens with one attached hydrogen (secondary N) is 1. The average molecular weight is 402 g/mol. The molecule has 0 spiro atoms. The maximum atomic E-state index is 14.2. The zero-order valence-corrected chi connectivity index (χ0v) is 15.7. The monoisotopic (exact) mass is 402 g/mol. The van der Waals surface area contributed by atoms with Gasteiger partial charge in [-0.2, -0.15) is 5.10 Å². The molecule has 2 aromatic heterocycles. The van der Waals surface area contributed by atoms with Crippen LogP contribution in [0.3, 0.4) is 0 Å². The van der Waals surface area contributed by atoms with Crippen LogP contribution in [0.1, 0.15) is 36.0 Å². The Hall–Kier alpha value is -2.75. The molecule has 1 amide bonds. The van der Waals surface area contributed by atoms with Gasteiger partial charge in [-0.15, -0.1) is 16.9 Å². The highest BCUT2D eigenvalue weighted by molar-refractivity contribution is 8.01. The first-order valence-corrected chi connectivity index (χ1v) is 9.83. The summed E-state index contributed by atoms with van der Waals surface area (Å²) in [4.78, 5) is 19.5. The summed E-state index contributed by atoms with van der Waals surface area (Å²) < 4.78 is 14.2. The number of pyridine rings is 1. The zero-order chi connectivity index (χ0) is 19.7. The van der Waals surface area contributed by atoms with Crippen molar-refractivity contribution in [2.45, 2.75) is 35.3 Å². The third-order valence-corrected chi connectivity index (χ3v) is 6.44. The number of hydrogen-bond donors (Lipinski definition) is 3. The second-order valence-electron chi connectivity index (χ2n) is 6.92. The molecule has 0 saturated heterocycles. The molecule has 8 nitrogen and oxygen atoms in total. The highest BCUT2D eigenvalue weighted by atomic mass is 32.2. The Kier molecular flexibility index (Phi) is 4.88. The lowest BCUT2D eigenvalue weighted by atomic mass is 9.66. The Morgan fingerprint density at radius 3 is 2.75 bits per heavy atom. The van der Waals surface area contributed by atoms with Crippen LogP contribution < -0.4 is 11.1 Å². The number of carbonyl (C=O) groups excluding carboxylic acids is 1. The Balaban J connectivity index is 1.43. The molecule has 3 heterocycles. The predicted octanol–water partition coefficient (Wildman–Crippen LogP) is 2.10. The van der Waals surface area contributed by atoms with Crippen LogP contribution in [0.15, 0.2) is 35.5 Å². The average Bonchev–Trinajstić information content (AvgIpc) is 3.05. The van der Waals surface area contributed by atoms with E-state index in [4.69, 9.17) is 5.73 Å². The van der Waals surface area contributed by atoms with Crippen molar-refractivity contribution in [3.63, 3.8) is 0 Å². The largest absolute Gasteiger partial charge is 0.495 e. The normalized spacial score (nSPS) is 23.0. The van der Waals surface area contributed by atoms with Gasteiger partial charge in [0, 0.05) is 18.2 Å². The molecule has 1 aliphatic heterocycles. The molecular weight excluding hydrogens is 383 g/mol. The molecule has 2 aliphatic rings. The number of thioether (sulfide) groups is 1. The van der Waals surface area contributed by atoms with Crippen LogP contribution in [-0.2, 0) is 10.2 Å². The maximum Gasteiger partial charge on any atom is 0.240 e. The molecule has 1 fully saturated rings. The van der Waals surface area contributed by atoms with Gasteiger partial charge in [-0.05, 0) is 37.1 Å². The lowest BCUT2D eigenvalue weighted by Crippen LogP contribution is -2.42. The lowest BCUT2D eigenvalue weighted by molar-refractivity contribution is -0.116. The minimum Gasteiger partial charge on any atom is -0.495 e. The number of amides is 1. The third kappa shape index (κ3) is 3.39. The van der Waals surface area contributed by atoms with Gasteiger partial charge in [-0.3, -0.25) is 9.78 Å². The zero-order valence-electron chi connectivity index (χ0n) is 14.9. The van der Waals surface area contributed by atoms with E-state index in [9.17, 15) is 14.3 Å². The second-order valence-corrected chi connectivity index (χ2v) is 8.11. The van der Waals surface area contributed by atoms with Crippen LogP contribution in [0, 0.1) is 5.82 Å². The number of nitrogens with two attached hydrogens (primary N) is 1. The minimum atomic E-state index is -0.864. The topological polar surface area (TPSA) is 126 Å². The number of anilines is 1. The summed E-state index contributed by atoms with van der Waals surface area (Å²) in [6.45, 7) is 0.510. The van der Waals surface area contributed by atoms with Crippen molar-refractivity contribution >= 4 is 29.4 Å². The summed E-state index contributed by atoms with van der Waals surface area (Å²) in [5.74, 6) is -0.678. The van der Waals surface area contributed by atoms with Crippen molar-refractivity contribution in [1.82, 2.24) is 15.2 Å². The molecule has 0 radical (unpaired) electrons. The van der Waals surface area contributed by atoms with Crippen molar-refractivity contribution in [3.8, 4) is 0 Å². The molecule has 1 saturated carbocycles. The van der Waals surface area contributed by atoms with Crippen LogP contribution in [0.5, 0.6) is 0 Å². The number of aliphatic imine (C=N–C) groups is 1. The highest BCUT2D eigenvalue weighted by Crippen LogP contribution is 2.44. The van der Waals surface area contributed by atoms with Crippen LogP contribution in [0.4, 0.5) is 10.2 Å². The number of halogens is 1.